The quantitative estimate of drug-likeness (QED) is 0.502. The standard InChI is InChI=1S/C11H19N3O3S/c1-17-5-3-2-4-14-10-6-9(12)7-11(8-10)18(13,15)16/h6-8,14H,2-5,12H2,1H3,(H2,13,15,16). The van der Waals surface area contributed by atoms with E-state index < -0.39 is 10.0 Å². The number of sulfonamides is 1. The van der Waals surface area contributed by atoms with E-state index in [0.717, 1.165) is 19.4 Å². The summed E-state index contributed by atoms with van der Waals surface area (Å²) >= 11 is 0. The van der Waals surface area contributed by atoms with Crippen molar-refractivity contribution in [1.29, 1.82) is 0 Å². The number of nitrogens with one attached hydrogen (secondary N) is 1. The first kappa shape index (κ1) is 14.7. The molecule has 0 atom stereocenters. The number of ether oxygens (including phenoxy) is 1. The Labute approximate surface area is 107 Å². The summed E-state index contributed by atoms with van der Waals surface area (Å²) in [5.74, 6) is 0. The van der Waals surface area contributed by atoms with Gasteiger partial charge < -0.3 is 15.8 Å². The molecule has 0 bridgehead atoms. The number of nitrogens with two attached hydrogens (primary N) is 2. The molecule has 5 N–H and O–H groups in total. The molecule has 0 fully saturated rings. The highest BCUT2D eigenvalue weighted by atomic mass is 32.2. The molecule has 1 aromatic carbocycles. The molecule has 0 amide bonds. The first-order chi connectivity index (χ1) is 8.43. The Morgan fingerprint density at radius 2 is 2.00 bits per heavy atom. The van der Waals surface area contributed by atoms with Gasteiger partial charge in [-0.05, 0) is 31.0 Å². The Morgan fingerprint density at radius 1 is 1.28 bits per heavy atom. The molecule has 0 saturated heterocycles. The molecule has 1 rings (SSSR count). The van der Waals surface area contributed by atoms with Gasteiger partial charge >= 0.3 is 0 Å². The molecule has 102 valence electrons. The molecular weight excluding hydrogens is 254 g/mol. The lowest BCUT2D eigenvalue weighted by Gasteiger charge is -2.09. The molecule has 18 heavy (non-hydrogen) atoms. The largest absolute Gasteiger partial charge is 0.399 e. The zero-order chi connectivity index (χ0) is 13.6. The van der Waals surface area contributed by atoms with E-state index in [1.54, 1.807) is 13.2 Å². The zero-order valence-corrected chi connectivity index (χ0v) is 11.2. The van der Waals surface area contributed by atoms with Gasteiger partial charge in [-0.25, -0.2) is 13.6 Å². The van der Waals surface area contributed by atoms with Crippen molar-refractivity contribution >= 4 is 21.4 Å². The summed E-state index contributed by atoms with van der Waals surface area (Å²) in [6, 6.07) is 4.48. The second-order valence-electron chi connectivity index (χ2n) is 3.96. The maximum atomic E-state index is 11.2. The van der Waals surface area contributed by atoms with Crippen LogP contribution >= 0.6 is 0 Å². The van der Waals surface area contributed by atoms with E-state index in [0.29, 0.717) is 18.0 Å². The van der Waals surface area contributed by atoms with E-state index in [-0.39, 0.29) is 4.90 Å². The summed E-state index contributed by atoms with van der Waals surface area (Å²) in [5.41, 5.74) is 6.64. The number of unbranched alkanes of at least 4 members (excludes halogenated alkanes) is 1. The molecule has 0 spiro atoms. The second kappa shape index (κ2) is 6.58. The topological polar surface area (TPSA) is 107 Å². The van der Waals surface area contributed by atoms with Crippen LogP contribution in [0.1, 0.15) is 12.8 Å². The average Bonchev–Trinajstić information content (AvgIpc) is 2.27. The van der Waals surface area contributed by atoms with Crippen molar-refractivity contribution < 1.29 is 13.2 Å². The number of benzene rings is 1. The van der Waals surface area contributed by atoms with Crippen LogP contribution in [0.5, 0.6) is 0 Å². The van der Waals surface area contributed by atoms with Crippen LogP contribution in [0.15, 0.2) is 23.1 Å². The summed E-state index contributed by atoms with van der Waals surface area (Å²) < 4.78 is 27.4. The molecular formula is C11H19N3O3S. The fraction of sp³-hybridized carbons (Fsp3) is 0.455. The summed E-state index contributed by atoms with van der Waals surface area (Å²) in [5, 5.41) is 8.16. The molecule has 0 unspecified atom stereocenters. The third-order valence-electron chi connectivity index (χ3n) is 2.36. The van der Waals surface area contributed by atoms with Crippen LogP contribution in [0.25, 0.3) is 0 Å². The van der Waals surface area contributed by atoms with Crippen LogP contribution in [-0.4, -0.2) is 28.7 Å². The highest BCUT2D eigenvalue weighted by molar-refractivity contribution is 7.89. The molecule has 0 aliphatic rings. The van der Waals surface area contributed by atoms with E-state index in [2.05, 4.69) is 5.32 Å². The summed E-state index contributed by atoms with van der Waals surface area (Å²) in [7, 11) is -2.07. The lowest BCUT2D eigenvalue weighted by Crippen LogP contribution is -2.13. The minimum atomic E-state index is -3.73. The van der Waals surface area contributed by atoms with Crippen LogP contribution in [-0.2, 0) is 14.8 Å². The molecule has 0 radical (unpaired) electrons. The van der Waals surface area contributed by atoms with Crippen LogP contribution < -0.4 is 16.2 Å². The van der Waals surface area contributed by atoms with Gasteiger partial charge in [0.05, 0.1) is 4.90 Å². The SMILES string of the molecule is COCCCCNc1cc(N)cc(S(N)(=O)=O)c1. The smallest absolute Gasteiger partial charge is 0.238 e. The van der Waals surface area contributed by atoms with Gasteiger partial charge in [0, 0.05) is 31.6 Å². The number of primary sulfonamides is 1. The van der Waals surface area contributed by atoms with Crippen LogP contribution in [0.4, 0.5) is 11.4 Å². The maximum absolute atomic E-state index is 11.2. The Balaban J connectivity index is 2.64. The number of anilines is 2. The van der Waals surface area contributed by atoms with Crippen LogP contribution in [0.2, 0.25) is 0 Å². The number of hydrogen-bond acceptors (Lipinski definition) is 5. The number of nitrogen functional groups attached to an aromatic ring is 1. The van der Waals surface area contributed by atoms with Crippen molar-refractivity contribution in [2.24, 2.45) is 5.14 Å². The van der Waals surface area contributed by atoms with Gasteiger partial charge in [-0.3, -0.25) is 0 Å². The molecule has 0 heterocycles. The van der Waals surface area contributed by atoms with E-state index in [1.165, 1.54) is 12.1 Å². The Morgan fingerprint density at radius 3 is 2.61 bits per heavy atom. The maximum Gasteiger partial charge on any atom is 0.238 e. The Hall–Kier alpha value is -1.31. The number of hydrogen-bond donors (Lipinski definition) is 3. The first-order valence-electron chi connectivity index (χ1n) is 5.59. The number of rotatable bonds is 7. The lowest BCUT2D eigenvalue weighted by molar-refractivity contribution is 0.194. The highest BCUT2D eigenvalue weighted by Gasteiger charge is 2.09. The molecule has 1 aromatic rings. The van der Waals surface area contributed by atoms with Crippen LogP contribution in [0.3, 0.4) is 0 Å². The minimum absolute atomic E-state index is 0.0156. The van der Waals surface area contributed by atoms with E-state index in [9.17, 15) is 8.42 Å². The van der Waals surface area contributed by atoms with Gasteiger partial charge in [0.15, 0.2) is 0 Å². The predicted molar refractivity (Wildman–Crippen MR) is 71.8 cm³/mol. The second-order valence-corrected chi connectivity index (χ2v) is 5.52. The third kappa shape index (κ3) is 4.91. The van der Waals surface area contributed by atoms with Crippen molar-refractivity contribution in [3.05, 3.63) is 18.2 Å². The van der Waals surface area contributed by atoms with Gasteiger partial charge in [0.25, 0.3) is 0 Å². The van der Waals surface area contributed by atoms with Gasteiger partial charge in [-0.15, -0.1) is 0 Å². The van der Waals surface area contributed by atoms with Crippen LogP contribution in [0, 0.1) is 0 Å². The third-order valence-corrected chi connectivity index (χ3v) is 3.25. The molecule has 0 aliphatic carbocycles. The first-order valence-corrected chi connectivity index (χ1v) is 7.14. The monoisotopic (exact) mass is 273 g/mol. The normalized spacial score (nSPS) is 11.4. The Kier molecular flexibility index (Phi) is 5.39. The fourth-order valence-corrected chi connectivity index (χ4v) is 2.08. The minimum Gasteiger partial charge on any atom is -0.399 e. The van der Waals surface area contributed by atoms with Crippen molar-refractivity contribution in [2.75, 3.05) is 31.3 Å². The van der Waals surface area contributed by atoms with Crippen molar-refractivity contribution in [3.8, 4) is 0 Å². The fourth-order valence-electron chi connectivity index (χ4n) is 1.49. The summed E-state index contributed by atoms with van der Waals surface area (Å²) in [4.78, 5) is 0.0156. The Bertz CT molecular complexity index is 488. The predicted octanol–water partition coefficient (Wildman–Crippen LogP) is 0.755. The van der Waals surface area contributed by atoms with E-state index >= 15 is 0 Å². The average molecular weight is 273 g/mol. The lowest BCUT2D eigenvalue weighted by atomic mass is 10.2. The summed E-state index contributed by atoms with van der Waals surface area (Å²) in [6.45, 7) is 1.43. The van der Waals surface area contributed by atoms with Crippen molar-refractivity contribution in [2.45, 2.75) is 17.7 Å². The molecule has 6 nitrogen and oxygen atoms in total. The van der Waals surface area contributed by atoms with E-state index in [4.69, 9.17) is 15.6 Å². The molecule has 0 saturated carbocycles. The van der Waals surface area contributed by atoms with Crippen molar-refractivity contribution in [1.82, 2.24) is 0 Å². The number of methoxy groups -OCH3 is 1. The van der Waals surface area contributed by atoms with Gasteiger partial charge in [0.2, 0.25) is 10.0 Å². The summed E-state index contributed by atoms with van der Waals surface area (Å²) in [6.07, 6.45) is 1.86. The van der Waals surface area contributed by atoms with Gasteiger partial charge in [-0.2, -0.15) is 0 Å². The molecule has 0 aromatic heterocycles. The van der Waals surface area contributed by atoms with Gasteiger partial charge in [-0.1, -0.05) is 0 Å². The molecule has 7 heteroatoms. The van der Waals surface area contributed by atoms with E-state index in [1.807, 2.05) is 0 Å². The van der Waals surface area contributed by atoms with Gasteiger partial charge in [0.1, 0.15) is 0 Å². The van der Waals surface area contributed by atoms with Crippen molar-refractivity contribution in [3.63, 3.8) is 0 Å². The molecule has 0 aliphatic heterocycles. The highest BCUT2D eigenvalue weighted by Crippen LogP contribution is 2.19. The zero-order valence-electron chi connectivity index (χ0n) is 10.3.